The van der Waals surface area contributed by atoms with Gasteiger partial charge in [-0.3, -0.25) is 9.78 Å². The Morgan fingerprint density at radius 3 is 2.71 bits per heavy atom. The normalized spacial score (nSPS) is 10.9. The molecule has 31 heavy (non-hydrogen) atoms. The Bertz CT molecular complexity index is 1180. The second kappa shape index (κ2) is 9.43. The van der Waals surface area contributed by atoms with Crippen LogP contribution in [0.3, 0.4) is 0 Å². The number of hydrogen-bond donors (Lipinski definition) is 1. The highest BCUT2D eigenvalue weighted by Crippen LogP contribution is 2.21. The van der Waals surface area contributed by atoms with Crippen LogP contribution in [0.1, 0.15) is 27.4 Å². The third-order valence-corrected chi connectivity index (χ3v) is 5.39. The number of fused-ring (bicyclic) bond motifs is 1. The molecule has 0 spiro atoms. The summed E-state index contributed by atoms with van der Waals surface area (Å²) in [5.74, 6) is 1.65. The van der Waals surface area contributed by atoms with Crippen LogP contribution < -0.4 is 10.1 Å². The highest BCUT2D eigenvalue weighted by Gasteiger charge is 2.12. The van der Waals surface area contributed by atoms with Gasteiger partial charge in [-0.25, -0.2) is 4.98 Å². The molecular weight excluding hydrogens is 388 g/mol. The number of carbonyl (C=O) groups excluding carboxylic acids is 1. The Balaban J connectivity index is 1.44. The van der Waals surface area contributed by atoms with E-state index in [1.807, 2.05) is 30.3 Å². The number of carbonyl (C=O) groups is 1. The molecule has 0 aliphatic heterocycles. The number of pyridine rings is 1. The molecule has 4 rings (SSSR count). The minimum absolute atomic E-state index is 0.179. The van der Waals surface area contributed by atoms with Gasteiger partial charge in [-0.1, -0.05) is 30.3 Å². The van der Waals surface area contributed by atoms with Gasteiger partial charge in [-0.05, 0) is 55.3 Å². The summed E-state index contributed by atoms with van der Waals surface area (Å²) >= 11 is 0. The topological polar surface area (TPSA) is 69.0 Å². The number of para-hydroxylation sites is 2. The van der Waals surface area contributed by atoms with E-state index in [0.29, 0.717) is 31.8 Å². The van der Waals surface area contributed by atoms with E-state index in [2.05, 4.69) is 40.8 Å². The van der Waals surface area contributed by atoms with Crippen molar-refractivity contribution >= 4 is 16.9 Å². The van der Waals surface area contributed by atoms with Gasteiger partial charge >= 0.3 is 0 Å². The molecule has 1 N–H and O–H groups in total. The van der Waals surface area contributed by atoms with E-state index in [4.69, 9.17) is 9.72 Å². The van der Waals surface area contributed by atoms with Gasteiger partial charge in [0.2, 0.25) is 0 Å². The van der Waals surface area contributed by atoms with E-state index in [0.717, 1.165) is 28.2 Å². The summed E-state index contributed by atoms with van der Waals surface area (Å²) in [6.07, 6.45) is 2.24. The monoisotopic (exact) mass is 414 g/mol. The van der Waals surface area contributed by atoms with Gasteiger partial charge < -0.3 is 14.6 Å². The molecule has 2 aromatic carbocycles. The first kappa shape index (κ1) is 20.6. The lowest BCUT2D eigenvalue weighted by Gasteiger charge is -2.13. The van der Waals surface area contributed by atoms with Crippen molar-refractivity contribution < 1.29 is 9.53 Å². The molecule has 0 saturated carbocycles. The van der Waals surface area contributed by atoms with Crippen LogP contribution in [0.5, 0.6) is 5.75 Å². The fourth-order valence-electron chi connectivity index (χ4n) is 3.57. The summed E-state index contributed by atoms with van der Waals surface area (Å²) in [6.45, 7) is 5.86. The molecule has 0 radical (unpaired) electrons. The summed E-state index contributed by atoms with van der Waals surface area (Å²) in [5, 5.41) is 2.93. The van der Waals surface area contributed by atoms with Crippen molar-refractivity contribution in [2.45, 2.75) is 26.8 Å². The van der Waals surface area contributed by atoms with Crippen LogP contribution in [0.25, 0.3) is 11.0 Å². The predicted octanol–water partition coefficient (Wildman–Crippen LogP) is 4.10. The Hall–Kier alpha value is -3.67. The summed E-state index contributed by atoms with van der Waals surface area (Å²) in [6, 6.07) is 19.5. The molecule has 0 aliphatic rings. The molecule has 0 aliphatic carbocycles. The lowest BCUT2D eigenvalue weighted by atomic mass is 10.1. The number of nitrogens with zero attached hydrogens (tertiary/aromatic N) is 3. The van der Waals surface area contributed by atoms with Gasteiger partial charge in [0.15, 0.2) is 0 Å². The molecule has 2 heterocycles. The summed E-state index contributed by atoms with van der Waals surface area (Å²) in [4.78, 5) is 21.1. The minimum Gasteiger partial charge on any atom is -0.491 e. The van der Waals surface area contributed by atoms with E-state index >= 15 is 0 Å². The molecule has 6 nitrogen and oxygen atoms in total. The third-order valence-electron chi connectivity index (χ3n) is 5.39. The Morgan fingerprint density at radius 2 is 1.87 bits per heavy atom. The van der Waals surface area contributed by atoms with Crippen molar-refractivity contribution in [2.75, 3.05) is 13.2 Å². The number of rotatable bonds is 8. The molecular formula is C25H26N4O2. The van der Waals surface area contributed by atoms with Gasteiger partial charge in [0.25, 0.3) is 5.91 Å². The van der Waals surface area contributed by atoms with Gasteiger partial charge in [-0.15, -0.1) is 0 Å². The molecule has 6 heteroatoms. The molecule has 1 amide bonds. The average Bonchev–Trinajstić information content (AvgIpc) is 3.14. The Morgan fingerprint density at radius 1 is 1.03 bits per heavy atom. The zero-order valence-corrected chi connectivity index (χ0v) is 17.8. The van der Waals surface area contributed by atoms with Crippen molar-refractivity contribution in [3.8, 4) is 5.75 Å². The first-order valence-electron chi connectivity index (χ1n) is 10.5. The maximum Gasteiger partial charge on any atom is 0.269 e. The quantitative estimate of drug-likeness (QED) is 0.471. The van der Waals surface area contributed by atoms with Crippen LogP contribution in [0.2, 0.25) is 0 Å². The highest BCUT2D eigenvalue weighted by molar-refractivity contribution is 5.92. The van der Waals surface area contributed by atoms with Crippen LogP contribution in [0, 0.1) is 13.8 Å². The summed E-state index contributed by atoms with van der Waals surface area (Å²) < 4.78 is 8.24. The van der Waals surface area contributed by atoms with Crippen LogP contribution in [0.15, 0.2) is 66.9 Å². The zero-order chi connectivity index (χ0) is 21.6. The maximum atomic E-state index is 12.3. The number of aryl methyl sites for hydroxylation is 1. The number of amides is 1. The van der Waals surface area contributed by atoms with Crippen molar-refractivity contribution in [3.63, 3.8) is 0 Å². The van der Waals surface area contributed by atoms with Gasteiger partial charge in [0, 0.05) is 19.2 Å². The number of benzene rings is 2. The summed E-state index contributed by atoms with van der Waals surface area (Å²) in [5.41, 5.74) is 4.81. The molecule has 4 aromatic rings. The van der Waals surface area contributed by atoms with E-state index in [-0.39, 0.29) is 5.91 Å². The molecule has 0 fully saturated rings. The largest absolute Gasteiger partial charge is 0.491 e. The van der Waals surface area contributed by atoms with Gasteiger partial charge in [0.05, 0.1) is 17.6 Å². The smallest absolute Gasteiger partial charge is 0.269 e. The minimum atomic E-state index is -0.179. The maximum absolute atomic E-state index is 12.3. The second-order valence-corrected chi connectivity index (χ2v) is 7.44. The van der Waals surface area contributed by atoms with E-state index < -0.39 is 0 Å². The highest BCUT2D eigenvalue weighted by atomic mass is 16.5. The van der Waals surface area contributed by atoms with Crippen LogP contribution in [-0.4, -0.2) is 33.6 Å². The van der Waals surface area contributed by atoms with E-state index in [1.165, 1.54) is 5.56 Å². The van der Waals surface area contributed by atoms with Crippen LogP contribution in [0.4, 0.5) is 0 Å². The first-order valence-corrected chi connectivity index (χ1v) is 10.5. The van der Waals surface area contributed by atoms with Gasteiger partial charge in [0.1, 0.15) is 23.9 Å². The van der Waals surface area contributed by atoms with Crippen molar-refractivity contribution in [2.24, 2.45) is 0 Å². The fraction of sp³-hybridized carbons (Fsp3) is 0.240. The molecule has 0 bridgehead atoms. The standard InChI is InChI=1S/C25H26N4O2/c1-18-8-7-12-23(19(18)2)31-17-16-29-22-11-4-3-9-20(22)28-24(29)13-15-27-25(30)21-10-5-6-14-26-21/h3-12,14H,13,15-17H2,1-2H3,(H,27,30). The van der Waals surface area contributed by atoms with Crippen molar-refractivity contribution in [1.29, 1.82) is 0 Å². The van der Waals surface area contributed by atoms with E-state index in [9.17, 15) is 4.79 Å². The van der Waals surface area contributed by atoms with Crippen LogP contribution in [-0.2, 0) is 13.0 Å². The third kappa shape index (κ3) is 4.74. The number of hydrogen-bond acceptors (Lipinski definition) is 4. The average molecular weight is 415 g/mol. The summed E-state index contributed by atoms with van der Waals surface area (Å²) in [7, 11) is 0. The number of imidazole rings is 1. The Kier molecular flexibility index (Phi) is 6.26. The van der Waals surface area contributed by atoms with Crippen molar-refractivity contribution in [1.82, 2.24) is 19.9 Å². The molecule has 0 unspecified atom stereocenters. The fourth-order valence-corrected chi connectivity index (χ4v) is 3.57. The Labute approximate surface area is 181 Å². The van der Waals surface area contributed by atoms with Crippen molar-refractivity contribution in [3.05, 3.63) is 89.5 Å². The second-order valence-electron chi connectivity index (χ2n) is 7.44. The lowest BCUT2D eigenvalue weighted by molar-refractivity contribution is 0.0949. The number of ether oxygens (including phenoxy) is 1. The predicted molar refractivity (Wildman–Crippen MR) is 121 cm³/mol. The molecule has 0 atom stereocenters. The number of aromatic nitrogens is 3. The van der Waals surface area contributed by atoms with Crippen LogP contribution >= 0.6 is 0 Å². The molecule has 2 aromatic heterocycles. The first-order chi connectivity index (χ1) is 15.1. The zero-order valence-electron chi connectivity index (χ0n) is 17.8. The molecule has 158 valence electrons. The van der Waals surface area contributed by atoms with Gasteiger partial charge in [-0.2, -0.15) is 0 Å². The lowest BCUT2D eigenvalue weighted by Crippen LogP contribution is -2.27. The SMILES string of the molecule is Cc1cccc(OCCn2c(CCNC(=O)c3ccccn3)nc3ccccc32)c1C. The number of nitrogens with one attached hydrogen (secondary N) is 1. The van der Waals surface area contributed by atoms with E-state index in [1.54, 1.807) is 24.4 Å². The molecule has 0 saturated heterocycles.